The van der Waals surface area contributed by atoms with Crippen molar-refractivity contribution >= 4 is 17.6 Å². The van der Waals surface area contributed by atoms with Gasteiger partial charge in [-0.15, -0.1) is 5.01 Å². The number of esters is 1. The smallest absolute Gasteiger partial charge is 0.340 e. The van der Waals surface area contributed by atoms with Gasteiger partial charge in [0.2, 0.25) is 5.28 Å². The molecule has 2 atom stereocenters. The fraction of sp³-hybridized carbons (Fsp3) is 0.455. The summed E-state index contributed by atoms with van der Waals surface area (Å²) in [7, 11) is 0. The zero-order valence-electron chi connectivity index (χ0n) is 18.2. The van der Waals surface area contributed by atoms with E-state index in [2.05, 4.69) is 10.3 Å². The van der Waals surface area contributed by atoms with E-state index in [1.165, 1.54) is 5.01 Å². The molecular weight excluding hydrogens is 436 g/mol. The summed E-state index contributed by atoms with van der Waals surface area (Å²) in [6.45, 7) is 5.97. The van der Waals surface area contributed by atoms with Gasteiger partial charge >= 0.3 is 5.97 Å². The standard InChI is InChI=1S/C22H25ClN4O5/c1-13(2)32-25-27(29)26-10-4-5-19(26)22(28)31-20-14(3)24-11-17-18(20)12-30-21(17)15-6-8-16(23)9-7-15/h6-9,11,13,19,21H,4-5,10,12H2,1-3H3/t19-,21-/m0/s1. The lowest BCUT2D eigenvalue weighted by molar-refractivity contribution is -0.712. The number of aryl methyl sites for hydroxylation is 1. The van der Waals surface area contributed by atoms with Crippen LogP contribution in [0.2, 0.25) is 5.02 Å². The normalized spacial score (nSPS) is 20.5. The van der Waals surface area contributed by atoms with E-state index in [0.717, 1.165) is 16.7 Å². The fourth-order valence-corrected chi connectivity index (χ4v) is 4.00. The first kappa shape index (κ1) is 22.3. The average molecular weight is 461 g/mol. The molecule has 1 aromatic carbocycles. The van der Waals surface area contributed by atoms with E-state index in [4.69, 9.17) is 25.9 Å². The van der Waals surface area contributed by atoms with Gasteiger partial charge in [0.05, 0.1) is 23.8 Å². The molecule has 2 aliphatic heterocycles. The molecule has 0 saturated carbocycles. The van der Waals surface area contributed by atoms with Crippen LogP contribution in [0.15, 0.2) is 35.7 Å². The highest BCUT2D eigenvalue weighted by atomic mass is 35.5. The van der Waals surface area contributed by atoms with Crippen LogP contribution in [0, 0.1) is 12.1 Å². The van der Waals surface area contributed by atoms with Crippen molar-refractivity contribution in [3.63, 3.8) is 0 Å². The lowest BCUT2D eigenvalue weighted by atomic mass is 10.0. The van der Waals surface area contributed by atoms with Gasteiger partial charge in [0, 0.05) is 22.3 Å². The summed E-state index contributed by atoms with van der Waals surface area (Å²) in [5.41, 5.74) is 3.14. The first-order valence-electron chi connectivity index (χ1n) is 10.5. The van der Waals surface area contributed by atoms with Crippen LogP contribution >= 0.6 is 11.6 Å². The zero-order valence-corrected chi connectivity index (χ0v) is 18.9. The minimum atomic E-state index is -0.753. The summed E-state index contributed by atoms with van der Waals surface area (Å²) in [5, 5.41) is 17.8. The number of aromatic nitrogens is 1. The van der Waals surface area contributed by atoms with Crippen molar-refractivity contribution < 1.29 is 24.1 Å². The number of carbonyl (C=O) groups excluding carboxylic acids is 1. The highest BCUT2D eigenvalue weighted by Crippen LogP contribution is 2.41. The molecule has 2 aliphatic rings. The SMILES string of the molecule is Cc1ncc2c(c1OC(=O)[C@@H]1CCCN1[N+]([O-])=NOC(C)C)CO[C@H]2c1ccc(Cl)cc1. The van der Waals surface area contributed by atoms with E-state index in [0.29, 0.717) is 40.8 Å². The quantitative estimate of drug-likeness (QED) is 0.275. The van der Waals surface area contributed by atoms with Crippen LogP contribution in [0.5, 0.6) is 5.75 Å². The first-order valence-corrected chi connectivity index (χ1v) is 10.9. The Balaban J connectivity index is 1.55. The van der Waals surface area contributed by atoms with Gasteiger partial charge in [-0.2, -0.15) is 0 Å². The topological polar surface area (TPSA) is 99.3 Å². The molecule has 9 nitrogen and oxygen atoms in total. The van der Waals surface area contributed by atoms with Gasteiger partial charge in [0.15, 0.2) is 11.8 Å². The Morgan fingerprint density at radius 1 is 1.38 bits per heavy atom. The van der Waals surface area contributed by atoms with Crippen LogP contribution in [0.1, 0.15) is 55.2 Å². The summed E-state index contributed by atoms with van der Waals surface area (Å²) in [6, 6.07) is 6.65. The summed E-state index contributed by atoms with van der Waals surface area (Å²) < 4.78 is 11.8. The van der Waals surface area contributed by atoms with Crippen LogP contribution in [0.3, 0.4) is 0 Å². The molecular formula is C22H25ClN4O5. The lowest BCUT2D eigenvalue weighted by Crippen LogP contribution is -2.42. The van der Waals surface area contributed by atoms with Crippen LogP contribution in [-0.4, -0.2) is 39.6 Å². The lowest BCUT2D eigenvalue weighted by Gasteiger charge is -2.20. The molecule has 0 amide bonds. The van der Waals surface area contributed by atoms with Crippen molar-refractivity contribution in [2.75, 3.05) is 6.54 Å². The molecule has 3 heterocycles. The summed E-state index contributed by atoms with van der Waals surface area (Å²) in [6.07, 6.45) is 2.34. The van der Waals surface area contributed by atoms with Crippen molar-refractivity contribution in [2.45, 2.75) is 58.5 Å². The monoisotopic (exact) mass is 460 g/mol. The van der Waals surface area contributed by atoms with Crippen LogP contribution < -0.4 is 4.74 Å². The van der Waals surface area contributed by atoms with Gasteiger partial charge < -0.3 is 19.5 Å². The second kappa shape index (κ2) is 9.30. The first-order chi connectivity index (χ1) is 15.3. The van der Waals surface area contributed by atoms with Crippen molar-refractivity contribution in [1.29, 1.82) is 0 Å². The third kappa shape index (κ3) is 4.49. The molecule has 0 bridgehead atoms. The number of pyridine rings is 1. The van der Waals surface area contributed by atoms with Gasteiger partial charge in [-0.25, -0.2) is 4.79 Å². The summed E-state index contributed by atoms with van der Waals surface area (Å²) >= 11 is 6.00. The molecule has 0 spiro atoms. The Morgan fingerprint density at radius 2 is 2.12 bits per heavy atom. The second-order valence-corrected chi connectivity index (χ2v) is 8.52. The van der Waals surface area contributed by atoms with Gasteiger partial charge in [-0.3, -0.25) is 4.98 Å². The van der Waals surface area contributed by atoms with Crippen LogP contribution in [0.4, 0.5) is 0 Å². The van der Waals surface area contributed by atoms with E-state index < -0.39 is 12.0 Å². The van der Waals surface area contributed by atoms with E-state index in [9.17, 15) is 10.0 Å². The number of nitrogens with zero attached hydrogens (tertiary/aromatic N) is 4. The molecule has 1 fully saturated rings. The van der Waals surface area contributed by atoms with Gasteiger partial charge in [0.25, 0.3) is 0 Å². The molecule has 1 saturated heterocycles. The number of benzene rings is 1. The maximum atomic E-state index is 13.0. The highest BCUT2D eigenvalue weighted by molar-refractivity contribution is 6.30. The van der Waals surface area contributed by atoms with Crippen molar-refractivity contribution in [3.05, 3.63) is 63.1 Å². The number of halogens is 1. The predicted octanol–water partition coefficient (Wildman–Crippen LogP) is 4.25. The Bertz CT molecular complexity index is 1030. The molecule has 1 aromatic heterocycles. The predicted molar refractivity (Wildman–Crippen MR) is 115 cm³/mol. The van der Waals surface area contributed by atoms with E-state index in [1.807, 2.05) is 12.1 Å². The highest BCUT2D eigenvalue weighted by Gasteiger charge is 2.40. The number of carbonyl (C=O) groups is 1. The number of fused-ring (bicyclic) bond motifs is 1. The van der Waals surface area contributed by atoms with Crippen molar-refractivity contribution in [3.8, 4) is 5.75 Å². The van der Waals surface area contributed by atoms with Crippen LogP contribution in [-0.2, 0) is 21.0 Å². The van der Waals surface area contributed by atoms with Crippen molar-refractivity contribution in [1.82, 2.24) is 9.99 Å². The second-order valence-electron chi connectivity index (χ2n) is 8.08. The number of rotatable bonds is 6. The fourth-order valence-electron chi connectivity index (χ4n) is 3.88. The Kier molecular flexibility index (Phi) is 6.48. The largest absolute Gasteiger partial charge is 0.569 e. The minimum absolute atomic E-state index is 0.242. The maximum Gasteiger partial charge on any atom is 0.340 e. The molecule has 170 valence electrons. The Labute approximate surface area is 191 Å². The molecule has 2 aromatic rings. The third-order valence-corrected chi connectivity index (χ3v) is 5.70. The molecule has 0 aliphatic carbocycles. The van der Waals surface area contributed by atoms with E-state index >= 15 is 0 Å². The summed E-state index contributed by atoms with van der Waals surface area (Å²) in [5.74, 6) is -0.153. The number of ether oxygens (including phenoxy) is 2. The molecule has 32 heavy (non-hydrogen) atoms. The molecule has 10 heteroatoms. The maximum absolute atomic E-state index is 13.0. The zero-order chi connectivity index (χ0) is 22.8. The molecule has 0 unspecified atom stereocenters. The van der Waals surface area contributed by atoms with Crippen molar-refractivity contribution in [2.24, 2.45) is 5.28 Å². The number of hydrogen-bond acceptors (Lipinski definition) is 7. The van der Waals surface area contributed by atoms with Crippen LogP contribution in [0.25, 0.3) is 0 Å². The van der Waals surface area contributed by atoms with Gasteiger partial charge in [-0.1, -0.05) is 23.7 Å². The number of hydrazine groups is 1. The molecule has 0 N–H and O–H groups in total. The molecule has 4 rings (SSSR count). The number of hydrogen-bond donors (Lipinski definition) is 0. The third-order valence-electron chi connectivity index (χ3n) is 5.44. The Morgan fingerprint density at radius 3 is 2.84 bits per heavy atom. The minimum Gasteiger partial charge on any atom is -0.569 e. The van der Waals surface area contributed by atoms with Gasteiger partial charge in [-0.05, 0) is 51.3 Å². The average Bonchev–Trinajstić information content (AvgIpc) is 3.42. The Hall–Kier alpha value is -2.91. The van der Waals surface area contributed by atoms with E-state index in [-0.39, 0.29) is 18.8 Å². The van der Waals surface area contributed by atoms with Gasteiger partial charge in [0.1, 0.15) is 12.2 Å². The molecule has 0 radical (unpaired) electrons. The summed E-state index contributed by atoms with van der Waals surface area (Å²) in [4.78, 5) is 22.8. The van der Waals surface area contributed by atoms with E-state index in [1.54, 1.807) is 39.1 Å².